The van der Waals surface area contributed by atoms with Gasteiger partial charge in [-0.25, -0.2) is 17.9 Å². The summed E-state index contributed by atoms with van der Waals surface area (Å²) in [6.07, 6.45) is 1.84. The first-order valence-electron chi connectivity index (χ1n) is 7.47. The average Bonchev–Trinajstić information content (AvgIpc) is 2.60. The van der Waals surface area contributed by atoms with Crippen molar-refractivity contribution in [1.82, 2.24) is 9.62 Å². The normalized spacial score (nSPS) is 18.2. The Bertz CT molecular complexity index is 746. The van der Waals surface area contributed by atoms with Gasteiger partial charge in [-0.15, -0.1) is 0 Å². The lowest BCUT2D eigenvalue weighted by Gasteiger charge is -2.33. The number of nitrogens with one attached hydrogen (secondary N) is 1. The van der Waals surface area contributed by atoms with Crippen LogP contribution in [0.15, 0.2) is 23.1 Å². The summed E-state index contributed by atoms with van der Waals surface area (Å²) in [5.41, 5.74) is 0.109. The summed E-state index contributed by atoms with van der Waals surface area (Å²) in [4.78, 5) is 25.2. The maximum absolute atomic E-state index is 12.7. The Morgan fingerprint density at radius 2 is 2.04 bits per heavy atom. The molecule has 0 aromatic heterocycles. The standard InChI is InChI=1S/C15H20N2O6S/c1-16-24(21,22)13-9-10(6-7-12(13)23-2)14(18)17-8-4-3-5-11(17)15(19)20/h6-7,9,11,16H,3-5,8H2,1-2H3,(H,19,20). The number of benzene rings is 1. The van der Waals surface area contributed by atoms with E-state index >= 15 is 0 Å². The molecule has 8 nitrogen and oxygen atoms in total. The molecule has 1 heterocycles. The zero-order valence-corrected chi connectivity index (χ0v) is 14.3. The third-order valence-corrected chi connectivity index (χ3v) is 5.45. The number of nitrogens with zero attached hydrogens (tertiary/aromatic N) is 1. The topological polar surface area (TPSA) is 113 Å². The molecule has 1 amide bonds. The van der Waals surface area contributed by atoms with Crippen LogP contribution in [0.25, 0.3) is 0 Å². The maximum atomic E-state index is 12.7. The lowest BCUT2D eigenvalue weighted by molar-refractivity contribution is -0.143. The maximum Gasteiger partial charge on any atom is 0.326 e. The molecule has 2 rings (SSSR count). The summed E-state index contributed by atoms with van der Waals surface area (Å²) in [5, 5.41) is 9.29. The Kier molecular flexibility index (Phi) is 5.45. The number of sulfonamides is 1. The number of methoxy groups -OCH3 is 1. The number of rotatable bonds is 5. The molecule has 2 N–H and O–H groups in total. The molecule has 0 bridgehead atoms. The zero-order valence-electron chi connectivity index (χ0n) is 13.5. The highest BCUT2D eigenvalue weighted by Crippen LogP contribution is 2.27. The van der Waals surface area contributed by atoms with E-state index in [1.54, 1.807) is 0 Å². The second-order valence-corrected chi connectivity index (χ2v) is 7.28. The third-order valence-electron chi connectivity index (χ3n) is 4.02. The quantitative estimate of drug-likeness (QED) is 0.802. The van der Waals surface area contributed by atoms with Crippen LogP contribution in [0, 0.1) is 0 Å². The van der Waals surface area contributed by atoms with Crippen molar-refractivity contribution in [2.75, 3.05) is 20.7 Å². The lowest BCUT2D eigenvalue weighted by Crippen LogP contribution is -2.48. The number of carbonyl (C=O) groups is 2. The molecule has 1 aliphatic heterocycles. The molecule has 1 aromatic carbocycles. The molecule has 0 spiro atoms. The van der Waals surface area contributed by atoms with Crippen molar-refractivity contribution in [2.24, 2.45) is 0 Å². The molecule has 9 heteroatoms. The van der Waals surface area contributed by atoms with Gasteiger partial charge in [0.15, 0.2) is 0 Å². The number of hydrogen-bond donors (Lipinski definition) is 2. The molecule has 132 valence electrons. The van der Waals surface area contributed by atoms with E-state index in [2.05, 4.69) is 4.72 Å². The minimum atomic E-state index is -3.82. The van der Waals surface area contributed by atoms with Crippen LogP contribution < -0.4 is 9.46 Å². The number of carboxylic acid groups (broad SMARTS) is 1. The van der Waals surface area contributed by atoms with E-state index in [4.69, 9.17) is 4.74 Å². The number of aliphatic carboxylic acids is 1. The molecule has 1 aromatic rings. The largest absolute Gasteiger partial charge is 0.495 e. The zero-order chi connectivity index (χ0) is 17.9. The predicted molar refractivity (Wildman–Crippen MR) is 85.6 cm³/mol. The molecular formula is C15H20N2O6S. The highest BCUT2D eigenvalue weighted by atomic mass is 32.2. The van der Waals surface area contributed by atoms with E-state index in [0.29, 0.717) is 19.4 Å². The van der Waals surface area contributed by atoms with Gasteiger partial charge < -0.3 is 14.7 Å². The van der Waals surface area contributed by atoms with Gasteiger partial charge in [-0.05, 0) is 44.5 Å². The van der Waals surface area contributed by atoms with Gasteiger partial charge in [0.25, 0.3) is 5.91 Å². The Balaban J connectivity index is 2.43. The smallest absolute Gasteiger partial charge is 0.326 e. The predicted octanol–water partition coefficient (Wildman–Crippen LogP) is 0.683. The Labute approximate surface area is 140 Å². The Morgan fingerprint density at radius 3 is 2.62 bits per heavy atom. The lowest BCUT2D eigenvalue weighted by atomic mass is 10.0. The molecule has 24 heavy (non-hydrogen) atoms. The minimum absolute atomic E-state index is 0.106. The number of likely N-dealkylation sites (tertiary alicyclic amines) is 1. The second-order valence-electron chi connectivity index (χ2n) is 5.42. The van der Waals surface area contributed by atoms with Gasteiger partial charge in [-0.1, -0.05) is 0 Å². The van der Waals surface area contributed by atoms with Crippen molar-refractivity contribution in [3.8, 4) is 5.75 Å². The van der Waals surface area contributed by atoms with E-state index < -0.39 is 27.9 Å². The van der Waals surface area contributed by atoms with Crippen LogP contribution in [-0.4, -0.2) is 57.0 Å². The molecule has 0 saturated carbocycles. The summed E-state index contributed by atoms with van der Waals surface area (Å²) >= 11 is 0. The summed E-state index contributed by atoms with van der Waals surface area (Å²) in [6, 6.07) is 3.14. The van der Waals surface area contributed by atoms with Crippen LogP contribution >= 0.6 is 0 Å². The molecule has 1 atom stereocenters. The Hall–Kier alpha value is -2.13. The van der Waals surface area contributed by atoms with Gasteiger partial charge in [-0.2, -0.15) is 0 Å². The van der Waals surface area contributed by atoms with Crippen LogP contribution in [-0.2, 0) is 14.8 Å². The van der Waals surface area contributed by atoms with Crippen LogP contribution in [0.4, 0.5) is 0 Å². The van der Waals surface area contributed by atoms with Crippen molar-refractivity contribution >= 4 is 21.9 Å². The van der Waals surface area contributed by atoms with Crippen LogP contribution in [0.3, 0.4) is 0 Å². The highest BCUT2D eigenvalue weighted by Gasteiger charge is 2.33. The van der Waals surface area contributed by atoms with Crippen molar-refractivity contribution in [3.05, 3.63) is 23.8 Å². The van der Waals surface area contributed by atoms with Gasteiger partial charge in [0, 0.05) is 12.1 Å². The minimum Gasteiger partial charge on any atom is -0.495 e. The average molecular weight is 356 g/mol. The first-order chi connectivity index (χ1) is 11.3. The number of carboxylic acids is 1. The fourth-order valence-electron chi connectivity index (χ4n) is 2.73. The number of amides is 1. The molecule has 1 fully saturated rings. The molecule has 0 aliphatic carbocycles. The Morgan fingerprint density at radius 1 is 1.33 bits per heavy atom. The molecule has 0 radical (unpaired) electrons. The van der Waals surface area contributed by atoms with E-state index in [-0.39, 0.29) is 16.2 Å². The monoisotopic (exact) mass is 356 g/mol. The fraction of sp³-hybridized carbons (Fsp3) is 0.467. The molecular weight excluding hydrogens is 336 g/mol. The molecule has 1 unspecified atom stereocenters. The summed E-state index contributed by atoms with van der Waals surface area (Å²) in [5.74, 6) is -1.45. The number of hydrogen-bond acceptors (Lipinski definition) is 5. The van der Waals surface area contributed by atoms with Crippen LogP contribution in [0.1, 0.15) is 29.6 Å². The third kappa shape index (κ3) is 3.51. The van der Waals surface area contributed by atoms with Gasteiger partial charge >= 0.3 is 5.97 Å². The number of piperidine rings is 1. The number of ether oxygens (including phenoxy) is 1. The fourth-order valence-corrected chi connectivity index (χ4v) is 3.65. The van der Waals surface area contributed by atoms with Gasteiger partial charge in [0.05, 0.1) is 7.11 Å². The van der Waals surface area contributed by atoms with E-state index in [1.165, 1.54) is 37.3 Å². The van der Waals surface area contributed by atoms with Gasteiger partial charge in [-0.3, -0.25) is 4.79 Å². The van der Waals surface area contributed by atoms with E-state index in [0.717, 1.165) is 6.42 Å². The van der Waals surface area contributed by atoms with Gasteiger partial charge in [0.1, 0.15) is 16.7 Å². The SMILES string of the molecule is CNS(=O)(=O)c1cc(C(=O)N2CCCCC2C(=O)O)ccc1OC. The number of carbonyl (C=O) groups excluding carboxylic acids is 1. The van der Waals surface area contributed by atoms with E-state index in [9.17, 15) is 23.1 Å². The first kappa shape index (κ1) is 18.2. The van der Waals surface area contributed by atoms with Crippen LogP contribution in [0.2, 0.25) is 0 Å². The van der Waals surface area contributed by atoms with Crippen molar-refractivity contribution in [3.63, 3.8) is 0 Å². The highest BCUT2D eigenvalue weighted by molar-refractivity contribution is 7.89. The first-order valence-corrected chi connectivity index (χ1v) is 8.95. The second kappa shape index (κ2) is 7.18. The summed E-state index contributed by atoms with van der Waals surface area (Å²) < 4.78 is 31.4. The van der Waals surface area contributed by atoms with Crippen molar-refractivity contribution in [2.45, 2.75) is 30.2 Å². The molecule has 1 saturated heterocycles. The van der Waals surface area contributed by atoms with Crippen LogP contribution in [0.5, 0.6) is 5.75 Å². The van der Waals surface area contributed by atoms with E-state index in [1.807, 2.05) is 0 Å². The summed E-state index contributed by atoms with van der Waals surface area (Å²) in [7, 11) is -1.23. The van der Waals surface area contributed by atoms with Gasteiger partial charge in [0.2, 0.25) is 10.0 Å². The van der Waals surface area contributed by atoms with Crippen molar-refractivity contribution < 1.29 is 27.9 Å². The summed E-state index contributed by atoms with van der Waals surface area (Å²) in [6.45, 7) is 0.329. The molecule has 1 aliphatic rings. The van der Waals surface area contributed by atoms with Crippen molar-refractivity contribution in [1.29, 1.82) is 0 Å².